The van der Waals surface area contributed by atoms with Crippen molar-refractivity contribution < 1.29 is 0 Å². The molecule has 4 unspecified atom stereocenters. The first-order valence-electron chi connectivity index (χ1n) is 7.36. The Hall–Kier alpha value is 0.350. The summed E-state index contributed by atoms with van der Waals surface area (Å²) in [7, 11) is 0. The summed E-state index contributed by atoms with van der Waals surface area (Å²) in [5, 5.41) is 1.89. The van der Waals surface area contributed by atoms with E-state index >= 15 is 0 Å². The van der Waals surface area contributed by atoms with E-state index in [1.165, 1.54) is 19.3 Å². The first kappa shape index (κ1) is 11.4. The number of thioether (sulfide) groups is 1. The molecule has 1 heteroatoms. The zero-order valence-corrected chi connectivity index (χ0v) is 11.7. The van der Waals surface area contributed by atoms with Gasteiger partial charge < -0.3 is 0 Å². The van der Waals surface area contributed by atoms with Gasteiger partial charge in [-0.25, -0.2) is 0 Å². The molecule has 3 aliphatic rings. The van der Waals surface area contributed by atoms with Gasteiger partial charge in [-0.1, -0.05) is 33.1 Å². The zero-order valence-electron chi connectivity index (χ0n) is 10.9. The highest BCUT2D eigenvalue weighted by Gasteiger charge is 2.48. The summed E-state index contributed by atoms with van der Waals surface area (Å²) < 4.78 is 0. The van der Waals surface area contributed by atoms with Crippen LogP contribution in [-0.2, 0) is 0 Å². The quantitative estimate of drug-likeness (QED) is 0.580. The van der Waals surface area contributed by atoms with E-state index in [0.717, 1.165) is 27.8 Å². The standard InChI is InChI=1S/C15H26S/c1-11-13-6-9-15(7-4-3-5-8-15)10-14(13)12(2)16-11/h11-14H,3-10H2,1-2H3. The molecule has 3 fully saturated rings. The van der Waals surface area contributed by atoms with Gasteiger partial charge in [-0.15, -0.1) is 0 Å². The van der Waals surface area contributed by atoms with Crippen LogP contribution in [0.25, 0.3) is 0 Å². The van der Waals surface area contributed by atoms with E-state index < -0.39 is 0 Å². The summed E-state index contributed by atoms with van der Waals surface area (Å²) in [6.07, 6.45) is 12.4. The van der Waals surface area contributed by atoms with Gasteiger partial charge in [0.25, 0.3) is 0 Å². The smallest absolute Gasteiger partial charge is 0.00530 e. The third-order valence-corrected chi connectivity index (χ3v) is 7.33. The van der Waals surface area contributed by atoms with Crippen LogP contribution in [-0.4, -0.2) is 10.5 Å². The minimum absolute atomic E-state index is 0.804. The van der Waals surface area contributed by atoms with Gasteiger partial charge in [-0.3, -0.25) is 0 Å². The van der Waals surface area contributed by atoms with Crippen molar-refractivity contribution in [1.82, 2.24) is 0 Å². The molecule has 1 heterocycles. The molecule has 2 aliphatic carbocycles. The molecule has 0 aromatic heterocycles. The van der Waals surface area contributed by atoms with E-state index in [2.05, 4.69) is 25.6 Å². The molecule has 0 nitrogen and oxygen atoms in total. The molecule has 4 atom stereocenters. The van der Waals surface area contributed by atoms with Gasteiger partial charge in [0.2, 0.25) is 0 Å². The average Bonchev–Trinajstić information content (AvgIpc) is 2.55. The molecule has 0 aromatic carbocycles. The molecule has 0 aromatic rings. The topological polar surface area (TPSA) is 0 Å². The van der Waals surface area contributed by atoms with Crippen molar-refractivity contribution in [3.8, 4) is 0 Å². The highest BCUT2D eigenvalue weighted by atomic mass is 32.2. The van der Waals surface area contributed by atoms with E-state index in [4.69, 9.17) is 0 Å². The Balaban J connectivity index is 1.74. The van der Waals surface area contributed by atoms with Crippen molar-refractivity contribution in [1.29, 1.82) is 0 Å². The monoisotopic (exact) mass is 238 g/mol. The maximum atomic E-state index is 2.49. The lowest BCUT2D eigenvalue weighted by Crippen LogP contribution is -2.37. The van der Waals surface area contributed by atoms with E-state index in [-0.39, 0.29) is 0 Å². The molecule has 0 radical (unpaired) electrons. The molecule has 1 aliphatic heterocycles. The molecule has 0 bridgehead atoms. The predicted molar refractivity (Wildman–Crippen MR) is 72.9 cm³/mol. The summed E-state index contributed by atoms with van der Waals surface area (Å²) in [6, 6.07) is 0. The van der Waals surface area contributed by atoms with Crippen molar-refractivity contribution in [3.63, 3.8) is 0 Å². The summed E-state index contributed by atoms with van der Waals surface area (Å²) in [5.41, 5.74) is 0.804. The van der Waals surface area contributed by atoms with Gasteiger partial charge in [0, 0.05) is 10.5 Å². The maximum Gasteiger partial charge on any atom is 0.00530 e. The van der Waals surface area contributed by atoms with E-state index in [1.807, 2.05) is 0 Å². The van der Waals surface area contributed by atoms with Crippen LogP contribution in [0, 0.1) is 17.3 Å². The van der Waals surface area contributed by atoms with Gasteiger partial charge >= 0.3 is 0 Å². The number of hydrogen-bond donors (Lipinski definition) is 0. The van der Waals surface area contributed by atoms with Gasteiger partial charge in [-0.2, -0.15) is 11.8 Å². The minimum atomic E-state index is 0.804. The second-order valence-corrected chi connectivity index (χ2v) is 8.44. The van der Waals surface area contributed by atoms with Crippen LogP contribution in [0.1, 0.15) is 65.2 Å². The Morgan fingerprint density at radius 3 is 2.31 bits per heavy atom. The largest absolute Gasteiger partial charge is 0.155 e. The highest BCUT2D eigenvalue weighted by molar-refractivity contribution is 8.00. The average molecular weight is 238 g/mol. The molecule has 1 saturated heterocycles. The highest BCUT2D eigenvalue weighted by Crippen LogP contribution is 2.58. The van der Waals surface area contributed by atoms with Gasteiger partial charge in [0.1, 0.15) is 0 Å². The van der Waals surface area contributed by atoms with Crippen molar-refractivity contribution in [2.24, 2.45) is 17.3 Å². The van der Waals surface area contributed by atoms with E-state index in [0.29, 0.717) is 0 Å². The molecular formula is C15H26S. The number of hydrogen-bond acceptors (Lipinski definition) is 1. The van der Waals surface area contributed by atoms with Crippen molar-refractivity contribution in [3.05, 3.63) is 0 Å². The lowest BCUT2D eigenvalue weighted by atomic mass is 9.59. The van der Waals surface area contributed by atoms with Crippen LogP contribution in [0.3, 0.4) is 0 Å². The Kier molecular flexibility index (Phi) is 3.02. The molecule has 1 spiro atoms. The van der Waals surface area contributed by atoms with E-state index in [1.54, 1.807) is 32.1 Å². The van der Waals surface area contributed by atoms with Crippen LogP contribution >= 0.6 is 11.8 Å². The van der Waals surface area contributed by atoms with Crippen molar-refractivity contribution in [2.45, 2.75) is 75.7 Å². The minimum Gasteiger partial charge on any atom is -0.155 e. The lowest BCUT2D eigenvalue weighted by molar-refractivity contribution is 0.0575. The van der Waals surface area contributed by atoms with Crippen LogP contribution in [0.4, 0.5) is 0 Å². The maximum absolute atomic E-state index is 2.49. The Morgan fingerprint density at radius 2 is 1.56 bits per heavy atom. The molecule has 0 N–H and O–H groups in total. The first-order valence-corrected chi connectivity index (χ1v) is 8.30. The predicted octanol–water partition coefficient (Wildman–Crippen LogP) is 4.88. The van der Waals surface area contributed by atoms with Gasteiger partial charge in [0.05, 0.1) is 0 Å². The molecule has 3 rings (SSSR count). The van der Waals surface area contributed by atoms with Crippen LogP contribution in [0.2, 0.25) is 0 Å². The molecule has 16 heavy (non-hydrogen) atoms. The third kappa shape index (κ3) is 1.83. The second-order valence-electron chi connectivity index (χ2n) is 6.68. The lowest BCUT2D eigenvalue weighted by Gasteiger charge is -2.46. The summed E-state index contributed by atoms with van der Waals surface area (Å²) in [5.74, 6) is 2.12. The number of rotatable bonds is 0. The number of fused-ring (bicyclic) bond motifs is 1. The van der Waals surface area contributed by atoms with Crippen molar-refractivity contribution >= 4 is 11.8 Å². The first-order chi connectivity index (χ1) is 7.70. The Morgan fingerprint density at radius 1 is 0.875 bits per heavy atom. The third-order valence-electron chi connectivity index (χ3n) is 5.78. The fourth-order valence-corrected chi connectivity index (χ4v) is 6.55. The SMILES string of the molecule is CC1SC(C)C2CC3(CCCCC3)CCC12. The zero-order chi connectivity index (χ0) is 11.2. The van der Waals surface area contributed by atoms with Crippen molar-refractivity contribution in [2.75, 3.05) is 0 Å². The van der Waals surface area contributed by atoms with Gasteiger partial charge in [0.15, 0.2) is 0 Å². The summed E-state index contributed by atoms with van der Waals surface area (Å²) in [4.78, 5) is 0. The normalized spacial score (nSPS) is 46.9. The van der Waals surface area contributed by atoms with Crippen LogP contribution in [0.5, 0.6) is 0 Å². The molecular weight excluding hydrogens is 212 g/mol. The fraction of sp³-hybridized carbons (Fsp3) is 1.00. The Bertz CT molecular complexity index is 254. The van der Waals surface area contributed by atoms with Crippen LogP contribution in [0.15, 0.2) is 0 Å². The fourth-order valence-electron chi connectivity index (χ4n) is 4.83. The summed E-state index contributed by atoms with van der Waals surface area (Å²) >= 11 is 2.27. The van der Waals surface area contributed by atoms with Gasteiger partial charge in [-0.05, 0) is 49.4 Å². The molecule has 0 amide bonds. The Labute approximate surface area is 105 Å². The molecule has 2 saturated carbocycles. The second kappa shape index (κ2) is 4.23. The summed E-state index contributed by atoms with van der Waals surface area (Å²) in [6.45, 7) is 4.97. The van der Waals surface area contributed by atoms with E-state index in [9.17, 15) is 0 Å². The van der Waals surface area contributed by atoms with Crippen LogP contribution < -0.4 is 0 Å². The molecule has 92 valence electrons.